The van der Waals surface area contributed by atoms with Gasteiger partial charge in [-0.25, -0.2) is 0 Å². The standard InChI is InChI=1S/C10H12N2O5S/c1-5(13)4-8(14)6-2-3-7(11)10(9(6)12)18(15,16)17/h2-3H,4,11-12H2,1H3,(H,15,16,17). The summed E-state index contributed by atoms with van der Waals surface area (Å²) >= 11 is 0. The fraction of sp³-hybridized carbons (Fsp3) is 0.200. The molecule has 0 fully saturated rings. The zero-order valence-corrected chi connectivity index (χ0v) is 10.3. The molecule has 0 aliphatic rings. The molecule has 0 amide bonds. The Morgan fingerprint density at radius 2 is 1.83 bits per heavy atom. The van der Waals surface area contributed by atoms with E-state index in [9.17, 15) is 18.0 Å². The van der Waals surface area contributed by atoms with Crippen LogP contribution >= 0.6 is 0 Å². The van der Waals surface area contributed by atoms with E-state index in [2.05, 4.69) is 0 Å². The lowest BCUT2D eigenvalue weighted by atomic mass is 10.0. The lowest BCUT2D eigenvalue weighted by Crippen LogP contribution is -2.13. The number of hydrogen-bond donors (Lipinski definition) is 3. The molecule has 1 rings (SSSR count). The zero-order chi connectivity index (χ0) is 14.1. The molecule has 98 valence electrons. The molecule has 1 aromatic rings. The van der Waals surface area contributed by atoms with Gasteiger partial charge in [-0.1, -0.05) is 0 Å². The first kappa shape index (κ1) is 14.1. The van der Waals surface area contributed by atoms with E-state index in [1.807, 2.05) is 0 Å². The summed E-state index contributed by atoms with van der Waals surface area (Å²) < 4.78 is 31.2. The lowest BCUT2D eigenvalue weighted by molar-refractivity contribution is -0.116. The Labute approximate surface area is 104 Å². The molecule has 7 nitrogen and oxygen atoms in total. The average molecular weight is 272 g/mol. The second-order valence-corrected chi connectivity index (χ2v) is 5.08. The highest BCUT2D eigenvalue weighted by molar-refractivity contribution is 7.86. The summed E-state index contributed by atoms with van der Waals surface area (Å²) in [6, 6.07) is 2.34. The van der Waals surface area contributed by atoms with Crippen molar-refractivity contribution in [2.45, 2.75) is 18.2 Å². The number of ketones is 2. The average Bonchev–Trinajstić information content (AvgIpc) is 2.13. The summed E-state index contributed by atoms with van der Waals surface area (Å²) in [4.78, 5) is 21.8. The molecule has 0 radical (unpaired) electrons. The quantitative estimate of drug-likeness (QED) is 0.309. The molecule has 0 saturated carbocycles. The van der Waals surface area contributed by atoms with Gasteiger partial charge < -0.3 is 11.5 Å². The summed E-state index contributed by atoms with van der Waals surface area (Å²) in [5.41, 5.74) is 9.99. The van der Waals surface area contributed by atoms with E-state index in [0.29, 0.717) is 0 Å². The van der Waals surface area contributed by atoms with Crippen LogP contribution in [0.15, 0.2) is 17.0 Å². The van der Waals surface area contributed by atoms with Gasteiger partial charge in [-0.05, 0) is 19.1 Å². The van der Waals surface area contributed by atoms with Crippen LogP contribution in [-0.4, -0.2) is 24.5 Å². The normalized spacial score (nSPS) is 11.2. The Hall–Kier alpha value is -1.93. The van der Waals surface area contributed by atoms with Crippen molar-refractivity contribution in [2.24, 2.45) is 0 Å². The van der Waals surface area contributed by atoms with Crippen LogP contribution in [0.4, 0.5) is 11.4 Å². The highest BCUT2D eigenvalue weighted by atomic mass is 32.2. The molecule has 0 heterocycles. The van der Waals surface area contributed by atoms with E-state index in [4.69, 9.17) is 16.0 Å². The van der Waals surface area contributed by atoms with Crippen LogP contribution < -0.4 is 11.5 Å². The van der Waals surface area contributed by atoms with Crippen molar-refractivity contribution in [3.05, 3.63) is 17.7 Å². The van der Waals surface area contributed by atoms with Crippen molar-refractivity contribution in [2.75, 3.05) is 11.5 Å². The van der Waals surface area contributed by atoms with E-state index in [1.54, 1.807) is 0 Å². The van der Waals surface area contributed by atoms with Gasteiger partial charge in [-0.15, -0.1) is 0 Å². The summed E-state index contributed by atoms with van der Waals surface area (Å²) in [5.74, 6) is -1.02. The van der Waals surface area contributed by atoms with Gasteiger partial charge >= 0.3 is 0 Å². The Morgan fingerprint density at radius 1 is 1.28 bits per heavy atom. The van der Waals surface area contributed by atoms with Crippen LogP contribution in [0.2, 0.25) is 0 Å². The number of nitrogens with two attached hydrogens (primary N) is 2. The molecule has 0 spiro atoms. The fourth-order valence-electron chi connectivity index (χ4n) is 1.47. The number of carbonyl (C=O) groups is 2. The van der Waals surface area contributed by atoms with Crippen LogP contribution in [0.25, 0.3) is 0 Å². The largest absolute Gasteiger partial charge is 0.398 e. The Bertz CT molecular complexity index is 621. The second kappa shape index (κ2) is 4.75. The topological polar surface area (TPSA) is 141 Å². The predicted molar refractivity (Wildman–Crippen MR) is 64.7 cm³/mol. The molecule has 0 aliphatic heterocycles. The van der Waals surface area contributed by atoms with Crippen molar-refractivity contribution in [3.63, 3.8) is 0 Å². The highest BCUT2D eigenvalue weighted by Crippen LogP contribution is 2.29. The molecular weight excluding hydrogens is 260 g/mol. The molecule has 0 saturated heterocycles. The first-order chi connectivity index (χ1) is 8.14. The van der Waals surface area contributed by atoms with Gasteiger partial charge in [-0.2, -0.15) is 8.42 Å². The zero-order valence-electron chi connectivity index (χ0n) is 9.50. The second-order valence-electron chi connectivity index (χ2n) is 3.72. The Balaban J connectivity index is 3.43. The number of benzene rings is 1. The first-order valence-electron chi connectivity index (χ1n) is 4.82. The first-order valence-corrected chi connectivity index (χ1v) is 6.26. The third-order valence-electron chi connectivity index (χ3n) is 2.19. The number of Topliss-reactive ketones (excluding diaryl/α,β-unsaturated/α-hetero) is 2. The minimum absolute atomic E-state index is 0.160. The summed E-state index contributed by atoms with van der Waals surface area (Å²) in [6.07, 6.45) is -0.404. The van der Waals surface area contributed by atoms with Gasteiger partial charge in [0.25, 0.3) is 10.1 Å². The summed E-state index contributed by atoms with van der Waals surface area (Å²) in [6.45, 7) is 1.22. The maximum Gasteiger partial charge on any atom is 0.298 e. The summed E-state index contributed by atoms with van der Waals surface area (Å²) in [7, 11) is -4.64. The van der Waals surface area contributed by atoms with Gasteiger partial charge in [0.05, 0.1) is 17.8 Å². The van der Waals surface area contributed by atoms with Crippen molar-refractivity contribution in [3.8, 4) is 0 Å². The third-order valence-corrected chi connectivity index (χ3v) is 3.17. The van der Waals surface area contributed by atoms with Gasteiger partial charge in [0.15, 0.2) is 5.78 Å². The van der Waals surface area contributed by atoms with Crippen LogP contribution in [0.5, 0.6) is 0 Å². The number of anilines is 2. The lowest BCUT2D eigenvalue weighted by Gasteiger charge is -2.10. The molecular formula is C10H12N2O5S. The number of rotatable bonds is 4. The Morgan fingerprint density at radius 3 is 2.28 bits per heavy atom. The Kier molecular flexibility index (Phi) is 3.73. The molecule has 5 N–H and O–H groups in total. The number of hydrogen-bond acceptors (Lipinski definition) is 6. The SMILES string of the molecule is CC(=O)CC(=O)c1ccc(N)c(S(=O)(=O)O)c1N. The van der Waals surface area contributed by atoms with Gasteiger partial charge in [-0.3, -0.25) is 14.1 Å². The molecule has 0 aliphatic carbocycles. The number of carbonyl (C=O) groups excluding carboxylic acids is 2. The van der Waals surface area contributed by atoms with Crippen LogP contribution in [0, 0.1) is 0 Å². The third kappa shape index (κ3) is 2.84. The van der Waals surface area contributed by atoms with Crippen molar-refractivity contribution in [1.29, 1.82) is 0 Å². The van der Waals surface area contributed by atoms with Crippen molar-refractivity contribution >= 4 is 33.1 Å². The van der Waals surface area contributed by atoms with Crippen LogP contribution in [-0.2, 0) is 14.9 Å². The van der Waals surface area contributed by atoms with E-state index in [-0.39, 0.29) is 17.0 Å². The minimum atomic E-state index is -4.64. The van der Waals surface area contributed by atoms with Crippen molar-refractivity contribution < 1.29 is 22.6 Å². The van der Waals surface area contributed by atoms with Gasteiger partial charge in [0, 0.05) is 5.56 Å². The molecule has 0 unspecified atom stereocenters. The monoisotopic (exact) mass is 272 g/mol. The summed E-state index contributed by atoms with van der Waals surface area (Å²) in [5, 5.41) is 0. The number of nitrogen functional groups attached to an aromatic ring is 2. The van der Waals surface area contributed by atoms with Crippen molar-refractivity contribution in [1.82, 2.24) is 0 Å². The highest BCUT2D eigenvalue weighted by Gasteiger charge is 2.23. The fourth-order valence-corrected chi connectivity index (χ4v) is 2.22. The molecule has 18 heavy (non-hydrogen) atoms. The molecule has 1 aromatic carbocycles. The van der Waals surface area contributed by atoms with E-state index in [1.165, 1.54) is 13.0 Å². The predicted octanol–water partition coefficient (Wildman–Crippen LogP) is 0.260. The van der Waals surface area contributed by atoms with Gasteiger partial charge in [0.2, 0.25) is 0 Å². The maximum atomic E-state index is 11.6. The van der Waals surface area contributed by atoms with Gasteiger partial charge in [0.1, 0.15) is 10.7 Å². The molecule has 8 heteroatoms. The molecule has 0 atom stereocenters. The minimum Gasteiger partial charge on any atom is -0.398 e. The van der Waals surface area contributed by atoms with E-state index < -0.39 is 32.9 Å². The maximum absolute atomic E-state index is 11.6. The van der Waals surface area contributed by atoms with E-state index in [0.717, 1.165) is 6.07 Å². The molecule has 0 aromatic heterocycles. The van der Waals surface area contributed by atoms with Crippen LogP contribution in [0.3, 0.4) is 0 Å². The van der Waals surface area contributed by atoms with Crippen LogP contribution in [0.1, 0.15) is 23.7 Å². The molecule has 0 bridgehead atoms. The smallest absolute Gasteiger partial charge is 0.298 e. The van der Waals surface area contributed by atoms with E-state index >= 15 is 0 Å².